The highest BCUT2D eigenvalue weighted by atomic mass is 16.1. The zero-order valence-corrected chi connectivity index (χ0v) is 13.5. The summed E-state index contributed by atoms with van der Waals surface area (Å²) in [5, 5.41) is 19.8. The van der Waals surface area contributed by atoms with E-state index in [1.165, 1.54) is 0 Å². The number of nitriles is 2. The van der Waals surface area contributed by atoms with Gasteiger partial charge in [-0.1, -0.05) is 44.2 Å². The van der Waals surface area contributed by atoms with E-state index in [0.29, 0.717) is 0 Å². The van der Waals surface area contributed by atoms with Crippen molar-refractivity contribution in [2.45, 2.75) is 32.9 Å². The molecule has 1 aromatic carbocycles. The van der Waals surface area contributed by atoms with E-state index in [0.717, 1.165) is 11.3 Å². The van der Waals surface area contributed by atoms with Crippen molar-refractivity contribution >= 4 is 17.5 Å². The van der Waals surface area contributed by atoms with E-state index in [1.807, 2.05) is 55.2 Å². The number of hydrogen-bond acceptors (Lipinski definition) is 4. The Kier molecular flexibility index (Phi) is 3.49. The second-order valence-electron chi connectivity index (χ2n) is 6.69. The number of hydrogen-bond donors (Lipinski definition) is 0. The number of Topliss-reactive ketones (excluding diaryl/α,β-unsaturated/α-hetero) is 1. The van der Waals surface area contributed by atoms with Crippen LogP contribution in [0.2, 0.25) is 0 Å². The van der Waals surface area contributed by atoms with E-state index in [4.69, 9.17) is 0 Å². The standard InChI is InChI=1S/C19H19N3O/c1-12(2)17-18(13(3)23)22-15-7-5-4-6-14(15)8-9-16(22)19(17,10-20)11-21/h4-9,12,16-18H,1-3H3/t16-,17-,18-/m0/s1. The summed E-state index contributed by atoms with van der Waals surface area (Å²) in [6, 6.07) is 11.5. The van der Waals surface area contributed by atoms with Crippen LogP contribution in [0, 0.1) is 39.9 Å². The van der Waals surface area contributed by atoms with Gasteiger partial charge in [-0.05, 0) is 24.5 Å². The van der Waals surface area contributed by atoms with E-state index in [2.05, 4.69) is 12.1 Å². The third kappa shape index (κ3) is 1.92. The first kappa shape index (κ1) is 15.3. The molecule has 1 fully saturated rings. The smallest absolute Gasteiger partial charge is 0.172 e. The Morgan fingerprint density at radius 1 is 1.26 bits per heavy atom. The van der Waals surface area contributed by atoms with Gasteiger partial charge in [0.1, 0.15) is 0 Å². The summed E-state index contributed by atoms with van der Waals surface area (Å²) in [6.07, 6.45) is 3.87. The number of para-hydroxylation sites is 1. The molecule has 0 aliphatic carbocycles. The summed E-state index contributed by atoms with van der Waals surface area (Å²) >= 11 is 0. The summed E-state index contributed by atoms with van der Waals surface area (Å²) in [5.74, 6) is -0.267. The van der Waals surface area contributed by atoms with Gasteiger partial charge in [-0.3, -0.25) is 4.79 Å². The van der Waals surface area contributed by atoms with Crippen LogP contribution >= 0.6 is 0 Å². The van der Waals surface area contributed by atoms with Crippen LogP contribution in [0.4, 0.5) is 5.69 Å². The SMILES string of the molecule is CC(=O)[C@H]1[C@H](C(C)C)C(C#N)(C#N)[C@@H]2C=Cc3ccccc3N21. The van der Waals surface area contributed by atoms with Gasteiger partial charge in [-0.15, -0.1) is 0 Å². The number of benzene rings is 1. The molecule has 2 aliphatic heterocycles. The summed E-state index contributed by atoms with van der Waals surface area (Å²) < 4.78 is 0. The highest BCUT2D eigenvalue weighted by molar-refractivity contribution is 5.90. The zero-order valence-electron chi connectivity index (χ0n) is 13.5. The monoisotopic (exact) mass is 305 g/mol. The molecule has 3 rings (SSSR count). The lowest BCUT2D eigenvalue weighted by Gasteiger charge is -2.35. The molecule has 23 heavy (non-hydrogen) atoms. The number of carbonyl (C=O) groups is 1. The highest BCUT2D eigenvalue weighted by Crippen LogP contribution is 2.53. The van der Waals surface area contributed by atoms with Gasteiger partial charge in [-0.2, -0.15) is 10.5 Å². The van der Waals surface area contributed by atoms with Gasteiger partial charge >= 0.3 is 0 Å². The van der Waals surface area contributed by atoms with Crippen molar-refractivity contribution in [3.63, 3.8) is 0 Å². The van der Waals surface area contributed by atoms with Crippen molar-refractivity contribution in [3.05, 3.63) is 35.9 Å². The zero-order chi connectivity index (χ0) is 16.8. The molecule has 2 heterocycles. The third-order valence-corrected chi connectivity index (χ3v) is 5.11. The Labute approximate surface area is 136 Å². The van der Waals surface area contributed by atoms with Crippen LogP contribution in [0.5, 0.6) is 0 Å². The second kappa shape index (κ2) is 5.25. The number of fused-ring (bicyclic) bond motifs is 3. The van der Waals surface area contributed by atoms with Crippen molar-refractivity contribution in [1.82, 2.24) is 0 Å². The number of rotatable bonds is 2. The molecule has 0 radical (unpaired) electrons. The average Bonchev–Trinajstić information content (AvgIpc) is 2.86. The van der Waals surface area contributed by atoms with Crippen molar-refractivity contribution < 1.29 is 4.79 Å². The Balaban J connectivity index is 2.28. The molecule has 4 nitrogen and oxygen atoms in total. The van der Waals surface area contributed by atoms with Gasteiger partial charge in [0.25, 0.3) is 0 Å². The number of nitrogens with zero attached hydrogens (tertiary/aromatic N) is 3. The van der Waals surface area contributed by atoms with E-state index in [1.54, 1.807) is 6.92 Å². The van der Waals surface area contributed by atoms with Crippen LogP contribution in [0.1, 0.15) is 26.3 Å². The topological polar surface area (TPSA) is 67.9 Å². The summed E-state index contributed by atoms with van der Waals surface area (Å²) in [4.78, 5) is 14.5. The van der Waals surface area contributed by atoms with Crippen LogP contribution in [-0.2, 0) is 4.79 Å². The quantitative estimate of drug-likeness (QED) is 0.841. The minimum atomic E-state index is -1.21. The van der Waals surface area contributed by atoms with Crippen LogP contribution < -0.4 is 4.90 Å². The van der Waals surface area contributed by atoms with Crippen LogP contribution in [-0.4, -0.2) is 17.9 Å². The molecule has 0 unspecified atom stereocenters. The number of anilines is 1. The summed E-state index contributed by atoms with van der Waals surface area (Å²) in [6.45, 7) is 5.53. The maximum atomic E-state index is 12.5. The summed E-state index contributed by atoms with van der Waals surface area (Å²) in [7, 11) is 0. The fourth-order valence-corrected chi connectivity index (χ4v) is 4.26. The molecular weight excluding hydrogens is 286 g/mol. The molecule has 0 N–H and O–H groups in total. The van der Waals surface area contributed by atoms with Crippen molar-refractivity contribution in [1.29, 1.82) is 10.5 Å². The molecule has 2 aliphatic rings. The van der Waals surface area contributed by atoms with E-state index >= 15 is 0 Å². The van der Waals surface area contributed by atoms with E-state index in [-0.39, 0.29) is 17.6 Å². The molecule has 1 saturated heterocycles. The molecule has 0 amide bonds. The third-order valence-electron chi connectivity index (χ3n) is 5.11. The Morgan fingerprint density at radius 2 is 1.91 bits per heavy atom. The molecular formula is C19H19N3O. The fraction of sp³-hybridized carbons (Fsp3) is 0.421. The van der Waals surface area contributed by atoms with Crippen molar-refractivity contribution in [3.8, 4) is 12.1 Å². The maximum absolute atomic E-state index is 12.5. The first-order chi connectivity index (χ1) is 11.0. The molecule has 1 aromatic rings. The lowest BCUT2D eigenvalue weighted by Crippen LogP contribution is -2.44. The maximum Gasteiger partial charge on any atom is 0.172 e. The Morgan fingerprint density at radius 3 is 2.48 bits per heavy atom. The minimum Gasteiger partial charge on any atom is -0.351 e. The van der Waals surface area contributed by atoms with Gasteiger partial charge < -0.3 is 4.90 Å². The molecule has 0 saturated carbocycles. The highest BCUT2D eigenvalue weighted by Gasteiger charge is 2.62. The molecule has 0 aromatic heterocycles. The predicted octanol–water partition coefficient (Wildman–Crippen LogP) is 3.17. The molecule has 0 spiro atoms. The van der Waals surface area contributed by atoms with Crippen LogP contribution in [0.15, 0.2) is 30.3 Å². The van der Waals surface area contributed by atoms with E-state index in [9.17, 15) is 15.3 Å². The van der Waals surface area contributed by atoms with Crippen molar-refractivity contribution in [2.24, 2.45) is 17.3 Å². The normalized spacial score (nSPS) is 27.0. The predicted molar refractivity (Wildman–Crippen MR) is 88.2 cm³/mol. The van der Waals surface area contributed by atoms with Crippen molar-refractivity contribution in [2.75, 3.05) is 4.90 Å². The Hall–Kier alpha value is -2.59. The number of ketones is 1. The molecule has 116 valence electrons. The van der Waals surface area contributed by atoms with Gasteiger partial charge in [0.05, 0.1) is 24.2 Å². The molecule has 3 atom stereocenters. The number of carbonyl (C=O) groups excluding carboxylic acids is 1. The summed E-state index contributed by atoms with van der Waals surface area (Å²) in [5.41, 5.74) is 0.733. The van der Waals surface area contributed by atoms with Gasteiger partial charge in [0.15, 0.2) is 11.2 Å². The van der Waals surface area contributed by atoms with Crippen LogP contribution in [0.25, 0.3) is 6.08 Å². The van der Waals surface area contributed by atoms with Gasteiger partial charge in [0, 0.05) is 11.6 Å². The largest absolute Gasteiger partial charge is 0.351 e. The average molecular weight is 305 g/mol. The first-order valence-corrected chi connectivity index (χ1v) is 7.86. The lowest BCUT2D eigenvalue weighted by molar-refractivity contribution is -0.119. The molecule has 0 bridgehead atoms. The first-order valence-electron chi connectivity index (χ1n) is 7.86. The van der Waals surface area contributed by atoms with E-state index < -0.39 is 17.5 Å². The molecule has 4 heteroatoms. The minimum absolute atomic E-state index is 0.00572. The van der Waals surface area contributed by atoms with Gasteiger partial charge in [0.2, 0.25) is 0 Å². The lowest BCUT2D eigenvalue weighted by atomic mass is 9.68. The second-order valence-corrected chi connectivity index (χ2v) is 6.69. The Bertz CT molecular complexity index is 752. The fourth-order valence-electron chi connectivity index (χ4n) is 4.26. The van der Waals surface area contributed by atoms with Gasteiger partial charge in [-0.25, -0.2) is 0 Å². The van der Waals surface area contributed by atoms with Crippen LogP contribution in [0.3, 0.4) is 0 Å².